The van der Waals surface area contributed by atoms with Crippen LogP contribution in [0.15, 0.2) is 46.1 Å². The first-order valence-electron chi connectivity index (χ1n) is 9.33. The van der Waals surface area contributed by atoms with Crippen molar-refractivity contribution in [3.63, 3.8) is 0 Å². The molecule has 7 heteroatoms. The fraction of sp³-hybridized carbons (Fsp3) is 0.450. The zero-order valence-corrected chi connectivity index (χ0v) is 15.4. The molecule has 2 aromatic rings. The predicted molar refractivity (Wildman–Crippen MR) is 102 cm³/mol. The van der Waals surface area contributed by atoms with E-state index in [2.05, 4.69) is 10.3 Å². The summed E-state index contributed by atoms with van der Waals surface area (Å²) >= 11 is 0. The van der Waals surface area contributed by atoms with Gasteiger partial charge in [0.1, 0.15) is 5.56 Å². The number of rotatable bonds is 7. The smallest absolute Gasteiger partial charge is 0.328 e. The number of aromatic amines is 1. The molecule has 3 rings (SSSR count). The minimum Gasteiger partial charge on any atom is -0.376 e. The average molecular weight is 371 g/mol. The first-order chi connectivity index (χ1) is 13.0. The van der Waals surface area contributed by atoms with Gasteiger partial charge in [-0.1, -0.05) is 30.3 Å². The van der Waals surface area contributed by atoms with Gasteiger partial charge in [-0.05, 0) is 38.2 Å². The Morgan fingerprint density at radius 2 is 2.11 bits per heavy atom. The number of aromatic nitrogens is 2. The normalized spacial score (nSPS) is 17.6. The molecular weight excluding hydrogens is 346 g/mol. The second-order valence-electron chi connectivity index (χ2n) is 6.96. The van der Waals surface area contributed by atoms with E-state index < -0.39 is 17.2 Å². The van der Waals surface area contributed by atoms with E-state index in [9.17, 15) is 14.4 Å². The molecule has 2 heterocycles. The highest BCUT2D eigenvalue weighted by molar-refractivity contribution is 5.93. The third-order valence-electron chi connectivity index (χ3n) is 4.80. The van der Waals surface area contributed by atoms with E-state index in [0.29, 0.717) is 6.61 Å². The van der Waals surface area contributed by atoms with Crippen molar-refractivity contribution in [3.8, 4) is 0 Å². The molecule has 0 bridgehead atoms. The van der Waals surface area contributed by atoms with Crippen molar-refractivity contribution in [2.45, 2.75) is 51.3 Å². The first kappa shape index (κ1) is 19.1. The summed E-state index contributed by atoms with van der Waals surface area (Å²) in [5, 5.41) is 2.84. The Labute approximate surface area is 157 Å². The van der Waals surface area contributed by atoms with Crippen LogP contribution >= 0.6 is 0 Å². The Kier molecular flexibility index (Phi) is 6.24. The van der Waals surface area contributed by atoms with Gasteiger partial charge in [0.25, 0.3) is 11.5 Å². The molecular formula is C20H25N3O4. The number of nitrogens with one attached hydrogen (secondary N) is 2. The maximum absolute atomic E-state index is 12.6. The van der Waals surface area contributed by atoms with Crippen LogP contribution in [-0.4, -0.2) is 34.2 Å². The van der Waals surface area contributed by atoms with Crippen LogP contribution in [0.25, 0.3) is 0 Å². The third kappa shape index (κ3) is 4.95. The van der Waals surface area contributed by atoms with Crippen LogP contribution in [0.3, 0.4) is 0 Å². The van der Waals surface area contributed by atoms with Gasteiger partial charge in [-0.15, -0.1) is 0 Å². The Hall–Kier alpha value is -2.67. The number of hydrogen-bond acceptors (Lipinski definition) is 4. The van der Waals surface area contributed by atoms with Crippen molar-refractivity contribution >= 4 is 5.91 Å². The molecule has 144 valence electrons. The molecule has 1 aromatic carbocycles. The highest BCUT2D eigenvalue weighted by Crippen LogP contribution is 2.12. The summed E-state index contributed by atoms with van der Waals surface area (Å²) in [6.07, 6.45) is 4.33. The van der Waals surface area contributed by atoms with Gasteiger partial charge in [0.05, 0.1) is 12.6 Å². The van der Waals surface area contributed by atoms with Gasteiger partial charge < -0.3 is 15.0 Å². The van der Waals surface area contributed by atoms with Crippen LogP contribution < -0.4 is 16.6 Å². The molecule has 1 aliphatic heterocycles. The summed E-state index contributed by atoms with van der Waals surface area (Å²) in [7, 11) is 0. The molecule has 2 atom stereocenters. The zero-order valence-electron chi connectivity index (χ0n) is 15.4. The summed E-state index contributed by atoms with van der Waals surface area (Å²) in [5.41, 5.74) is 0.0342. The molecule has 1 aromatic heterocycles. The molecule has 0 radical (unpaired) electrons. The van der Waals surface area contributed by atoms with E-state index in [1.165, 1.54) is 11.8 Å². The second kappa shape index (κ2) is 8.81. The van der Waals surface area contributed by atoms with Crippen LogP contribution in [0.4, 0.5) is 0 Å². The number of carbonyl (C=O) groups is 1. The van der Waals surface area contributed by atoms with Crippen LogP contribution in [0, 0.1) is 0 Å². The van der Waals surface area contributed by atoms with Crippen molar-refractivity contribution in [1.82, 2.24) is 14.9 Å². The van der Waals surface area contributed by atoms with E-state index in [-0.39, 0.29) is 24.3 Å². The maximum Gasteiger partial charge on any atom is 0.328 e. The topological polar surface area (TPSA) is 93.2 Å². The first-order valence-corrected chi connectivity index (χ1v) is 9.33. The molecule has 0 saturated carbocycles. The van der Waals surface area contributed by atoms with Gasteiger partial charge in [-0.3, -0.25) is 14.2 Å². The molecule has 1 saturated heterocycles. The summed E-state index contributed by atoms with van der Waals surface area (Å²) in [4.78, 5) is 39.6. The number of amides is 1. The average Bonchev–Trinajstić information content (AvgIpc) is 3.17. The molecule has 27 heavy (non-hydrogen) atoms. The number of nitrogens with zero attached hydrogens (tertiary/aromatic N) is 1. The van der Waals surface area contributed by atoms with Crippen molar-refractivity contribution < 1.29 is 9.53 Å². The number of carbonyl (C=O) groups excluding carboxylic acids is 1. The summed E-state index contributed by atoms with van der Waals surface area (Å²) < 4.78 is 6.55. The molecule has 2 N–H and O–H groups in total. The van der Waals surface area contributed by atoms with Crippen molar-refractivity contribution in [2.75, 3.05) is 6.61 Å². The fourth-order valence-corrected chi connectivity index (χ4v) is 3.23. The van der Waals surface area contributed by atoms with Gasteiger partial charge in [0.2, 0.25) is 0 Å². The molecule has 1 aliphatic rings. The van der Waals surface area contributed by atoms with E-state index in [1.54, 1.807) is 0 Å². The lowest BCUT2D eigenvalue weighted by Gasteiger charge is -2.15. The monoisotopic (exact) mass is 371 g/mol. The maximum atomic E-state index is 12.6. The second-order valence-corrected chi connectivity index (χ2v) is 6.96. The predicted octanol–water partition coefficient (Wildman–Crippen LogP) is 1.47. The molecule has 0 aliphatic carbocycles. The molecule has 2 unspecified atom stereocenters. The van der Waals surface area contributed by atoms with Gasteiger partial charge in [0.15, 0.2) is 0 Å². The lowest BCUT2D eigenvalue weighted by Crippen LogP contribution is -2.44. The largest absolute Gasteiger partial charge is 0.376 e. The molecule has 0 spiro atoms. The van der Waals surface area contributed by atoms with E-state index in [0.717, 1.165) is 30.3 Å². The number of ether oxygens (including phenoxy) is 1. The van der Waals surface area contributed by atoms with Crippen LogP contribution in [0.1, 0.15) is 42.1 Å². The third-order valence-corrected chi connectivity index (χ3v) is 4.80. The standard InChI is InChI=1S/C20H25N3O4/c1-14(9-10-15-6-3-2-4-7-15)22-18(24)17-12-21-20(26)23(19(17)25)13-16-8-5-11-27-16/h2-4,6-7,12,14,16H,5,8-11,13H2,1H3,(H,21,26)(H,22,24). The minimum absolute atomic E-state index is 0.0563. The Morgan fingerprint density at radius 1 is 1.33 bits per heavy atom. The fourth-order valence-electron chi connectivity index (χ4n) is 3.23. The van der Waals surface area contributed by atoms with Crippen molar-refractivity contribution in [1.29, 1.82) is 0 Å². The van der Waals surface area contributed by atoms with Crippen LogP contribution in [0.2, 0.25) is 0 Å². The molecule has 1 amide bonds. The Balaban J connectivity index is 1.65. The summed E-state index contributed by atoms with van der Waals surface area (Å²) in [6, 6.07) is 9.91. The van der Waals surface area contributed by atoms with Crippen LogP contribution in [-0.2, 0) is 17.7 Å². The SMILES string of the molecule is CC(CCc1ccccc1)NC(=O)c1c[nH]c(=O)n(CC2CCCO2)c1=O. The summed E-state index contributed by atoms with van der Waals surface area (Å²) in [5.74, 6) is -0.474. The van der Waals surface area contributed by atoms with E-state index in [4.69, 9.17) is 4.74 Å². The van der Waals surface area contributed by atoms with Gasteiger partial charge in [0, 0.05) is 18.8 Å². The van der Waals surface area contributed by atoms with Crippen molar-refractivity contribution in [2.24, 2.45) is 0 Å². The highest BCUT2D eigenvalue weighted by atomic mass is 16.5. The Bertz CT molecular complexity index is 882. The number of benzene rings is 1. The lowest BCUT2D eigenvalue weighted by molar-refractivity contribution is 0.0914. The Morgan fingerprint density at radius 3 is 2.81 bits per heavy atom. The van der Waals surface area contributed by atoms with E-state index >= 15 is 0 Å². The number of aryl methyl sites for hydroxylation is 1. The number of hydrogen-bond donors (Lipinski definition) is 2. The highest BCUT2D eigenvalue weighted by Gasteiger charge is 2.21. The quantitative estimate of drug-likeness (QED) is 0.771. The van der Waals surface area contributed by atoms with Gasteiger partial charge >= 0.3 is 5.69 Å². The number of H-pyrrole nitrogens is 1. The zero-order chi connectivity index (χ0) is 19.2. The summed E-state index contributed by atoms with van der Waals surface area (Å²) in [6.45, 7) is 2.70. The molecule has 1 fully saturated rings. The van der Waals surface area contributed by atoms with Gasteiger partial charge in [-0.2, -0.15) is 0 Å². The van der Waals surface area contributed by atoms with Crippen LogP contribution in [0.5, 0.6) is 0 Å². The van der Waals surface area contributed by atoms with E-state index in [1.807, 2.05) is 37.3 Å². The van der Waals surface area contributed by atoms with Crippen molar-refractivity contribution in [3.05, 3.63) is 68.5 Å². The molecule has 7 nitrogen and oxygen atoms in total. The van der Waals surface area contributed by atoms with Gasteiger partial charge in [-0.25, -0.2) is 4.79 Å². The lowest BCUT2D eigenvalue weighted by atomic mass is 10.1. The minimum atomic E-state index is -0.581.